The van der Waals surface area contributed by atoms with Crippen LogP contribution in [-0.4, -0.2) is 27.1 Å². The zero-order valence-electron chi connectivity index (χ0n) is 13.4. The second kappa shape index (κ2) is 6.28. The third kappa shape index (κ3) is 2.78. The van der Waals surface area contributed by atoms with Gasteiger partial charge in [0.25, 0.3) is 5.91 Å². The van der Waals surface area contributed by atoms with E-state index in [4.69, 9.17) is 0 Å². The number of aryl methyl sites for hydroxylation is 2. The molecule has 2 N–H and O–H groups in total. The first-order chi connectivity index (χ1) is 11.7. The number of carbonyl (C=O) groups is 1. The third-order valence-corrected chi connectivity index (χ3v) is 5.00. The van der Waals surface area contributed by atoms with Gasteiger partial charge in [-0.2, -0.15) is 0 Å². The summed E-state index contributed by atoms with van der Waals surface area (Å²) in [6.45, 7) is 0. The topological polar surface area (TPSA) is 70.7 Å². The SMILES string of the molecule is CSc1ncc(C(=O)Nc2ccc3[nH]c4c(c3c2)CCCC4)cn1. The van der Waals surface area contributed by atoms with Gasteiger partial charge in [-0.25, -0.2) is 9.97 Å². The smallest absolute Gasteiger partial charge is 0.258 e. The van der Waals surface area contributed by atoms with Gasteiger partial charge in [0.2, 0.25) is 0 Å². The maximum Gasteiger partial charge on any atom is 0.258 e. The van der Waals surface area contributed by atoms with Crippen LogP contribution in [0, 0.1) is 0 Å². The predicted molar refractivity (Wildman–Crippen MR) is 96.7 cm³/mol. The second-order valence-electron chi connectivity index (χ2n) is 5.96. The summed E-state index contributed by atoms with van der Waals surface area (Å²) in [6.07, 6.45) is 9.73. The number of amides is 1. The van der Waals surface area contributed by atoms with Crippen molar-refractivity contribution in [2.45, 2.75) is 30.8 Å². The number of nitrogens with one attached hydrogen (secondary N) is 2. The van der Waals surface area contributed by atoms with Crippen molar-refractivity contribution >= 4 is 34.3 Å². The highest BCUT2D eigenvalue weighted by Gasteiger charge is 2.16. The van der Waals surface area contributed by atoms with E-state index in [2.05, 4.69) is 26.3 Å². The summed E-state index contributed by atoms with van der Waals surface area (Å²) in [5.41, 5.74) is 5.16. The number of aromatic nitrogens is 3. The molecule has 2 heterocycles. The first kappa shape index (κ1) is 15.2. The van der Waals surface area contributed by atoms with Crippen molar-refractivity contribution < 1.29 is 4.79 Å². The highest BCUT2D eigenvalue weighted by Crippen LogP contribution is 2.30. The Morgan fingerprint density at radius 2 is 2.00 bits per heavy atom. The van der Waals surface area contributed by atoms with Crippen LogP contribution in [0.1, 0.15) is 34.5 Å². The van der Waals surface area contributed by atoms with Gasteiger partial charge < -0.3 is 10.3 Å². The molecule has 0 aliphatic heterocycles. The number of benzene rings is 1. The Balaban J connectivity index is 1.60. The fourth-order valence-corrected chi connectivity index (χ4v) is 3.54. The molecule has 0 fully saturated rings. The minimum atomic E-state index is -0.189. The summed E-state index contributed by atoms with van der Waals surface area (Å²) in [6, 6.07) is 6.03. The van der Waals surface area contributed by atoms with Crippen LogP contribution in [0.2, 0.25) is 0 Å². The summed E-state index contributed by atoms with van der Waals surface area (Å²) >= 11 is 1.45. The Hall–Kier alpha value is -2.34. The Morgan fingerprint density at radius 1 is 1.21 bits per heavy atom. The molecular formula is C18H18N4OS. The van der Waals surface area contributed by atoms with Crippen LogP contribution < -0.4 is 5.32 Å². The lowest BCUT2D eigenvalue weighted by Gasteiger charge is -2.10. The van der Waals surface area contributed by atoms with Crippen LogP contribution in [0.5, 0.6) is 0 Å². The molecule has 0 saturated heterocycles. The molecule has 122 valence electrons. The summed E-state index contributed by atoms with van der Waals surface area (Å²) in [7, 11) is 0. The van der Waals surface area contributed by atoms with E-state index in [1.54, 1.807) is 12.4 Å². The molecule has 3 aromatic rings. The van der Waals surface area contributed by atoms with Crippen molar-refractivity contribution in [1.82, 2.24) is 15.0 Å². The number of hydrogen-bond donors (Lipinski definition) is 2. The van der Waals surface area contributed by atoms with E-state index in [0.717, 1.165) is 24.0 Å². The predicted octanol–water partition coefficient (Wildman–Crippen LogP) is 3.81. The van der Waals surface area contributed by atoms with Crippen molar-refractivity contribution in [1.29, 1.82) is 0 Å². The molecular weight excluding hydrogens is 320 g/mol. The standard InChI is InChI=1S/C18H18N4OS/c1-24-18-19-9-11(10-20-18)17(23)21-12-6-7-16-14(8-12)13-4-2-3-5-15(13)22-16/h6-10,22H,2-5H2,1H3,(H,21,23). The molecule has 0 saturated carbocycles. The minimum absolute atomic E-state index is 0.189. The Bertz CT molecular complexity index is 901. The molecule has 24 heavy (non-hydrogen) atoms. The van der Waals surface area contributed by atoms with E-state index in [9.17, 15) is 4.79 Å². The Morgan fingerprint density at radius 3 is 2.79 bits per heavy atom. The van der Waals surface area contributed by atoms with E-state index >= 15 is 0 Å². The lowest BCUT2D eigenvalue weighted by molar-refractivity contribution is 0.102. The fraction of sp³-hybridized carbons (Fsp3) is 0.278. The number of carbonyl (C=O) groups excluding carboxylic acids is 1. The number of rotatable bonds is 3. The van der Waals surface area contributed by atoms with E-state index in [1.165, 1.54) is 41.2 Å². The Kier molecular flexibility index (Phi) is 3.98. The van der Waals surface area contributed by atoms with Gasteiger partial charge in [0.05, 0.1) is 5.56 Å². The van der Waals surface area contributed by atoms with Crippen molar-refractivity contribution in [2.24, 2.45) is 0 Å². The second-order valence-corrected chi connectivity index (χ2v) is 6.74. The molecule has 2 aromatic heterocycles. The number of hydrogen-bond acceptors (Lipinski definition) is 4. The van der Waals surface area contributed by atoms with E-state index in [0.29, 0.717) is 10.7 Å². The molecule has 4 rings (SSSR count). The quantitative estimate of drug-likeness (QED) is 0.563. The highest BCUT2D eigenvalue weighted by molar-refractivity contribution is 7.98. The van der Waals surface area contributed by atoms with Gasteiger partial charge in [-0.05, 0) is 55.7 Å². The molecule has 5 nitrogen and oxygen atoms in total. The van der Waals surface area contributed by atoms with E-state index < -0.39 is 0 Å². The minimum Gasteiger partial charge on any atom is -0.358 e. The van der Waals surface area contributed by atoms with Crippen LogP contribution >= 0.6 is 11.8 Å². The normalized spacial score (nSPS) is 13.7. The zero-order chi connectivity index (χ0) is 16.5. The average Bonchev–Trinajstić information content (AvgIpc) is 3.00. The number of thioether (sulfide) groups is 1. The van der Waals surface area contributed by atoms with Gasteiger partial charge >= 0.3 is 0 Å². The summed E-state index contributed by atoms with van der Waals surface area (Å²) in [4.78, 5) is 24.2. The first-order valence-corrected chi connectivity index (χ1v) is 9.28. The van der Waals surface area contributed by atoms with Gasteiger partial charge in [-0.15, -0.1) is 0 Å². The van der Waals surface area contributed by atoms with Gasteiger partial charge in [0.1, 0.15) is 0 Å². The number of nitrogens with zero attached hydrogens (tertiary/aromatic N) is 2. The maximum atomic E-state index is 12.4. The molecule has 0 spiro atoms. The number of H-pyrrole nitrogens is 1. The monoisotopic (exact) mass is 338 g/mol. The van der Waals surface area contributed by atoms with Crippen molar-refractivity contribution in [3.8, 4) is 0 Å². The molecule has 1 aliphatic carbocycles. The average molecular weight is 338 g/mol. The van der Waals surface area contributed by atoms with Gasteiger partial charge in [-0.1, -0.05) is 11.8 Å². The lowest BCUT2D eigenvalue weighted by atomic mass is 9.95. The third-order valence-electron chi connectivity index (χ3n) is 4.43. The fourth-order valence-electron chi connectivity index (χ4n) is 3.23. The van der Waals surface area contributed by atoms with Crippen molar-refractivity contribution in [3.05, 3.63) is 47.4 Å². The molecule has 0 bridgehead atoms. The van der Waals surface area contributed by atoms with Crippen LogP contribution in [-0.2, 0) is 12.8 Å². The molecule has 1 aromatic carbocycles. The number of aromatic amines is 1. The molecule has 6 heteroatoms. The zero-order valence-corrected chi connectivity index (χ0v) is 14.2. The molecule has 0 atom stereocenters. The van der Waals surface area contributed by atoms with Crippen LogP contribution in [0.15, 0.2) is 35.7 Å². The maximum absolute atomic E-state index is 12.4. The summed E-state index contributed by atoms with van der Waals surface area (Å²) in [5.74, 6) is -0.189. The molecule has 1 aliphatic rings. The van der Waals surface area contributed by atoms with Crippen molar-refractivity contribution in [3.63, 3.8) is 0 Å². The largest absolute Gasteiger partial charge is 0.358 e. The number of anilines is 1. The highest BCUT2D eigenvalue weighted by atomic mass is 32.2. The first-order valence-electron chi connectivity index (χ1n) is 8.05. The summed E-state index contributed by atoms with van der Waals surface area (Å²) in [5, 5.41) is 4.82. The van der Waals surface area contributed by atoms with Crippen LogP contribution in [0.4, 0.5) is 5.69 Å². The Labute approximate surface area is 144 Å². The summed E-state index contributed by atoms with van der Waals surface area (Å²) < 4.78 is 0. The molecule has 0 unspecified atom stereocenters. The number of fused-ring (bicyclic) bond motifs is 3. The van der Waals surface area contributed by atoms with Gasteiger partial charge in [0.15, 0.2) is 5.16 Å². The lowest BCUT2D eigenvalue weighted by Crippen LogP contribution is -2.12. The van der Waals surface area contributed by atoms with E-state index in [1.807, 2.05) is 18.4 Å². The van der Waals surface area contributed by atoms with Crippen LogP contribution in [0.3, 0.4) is 0 Å². The molecule has 1 amide bonds. The van der Waals surface area contributed by atoms with Crippen molar-refractivity contribution in [2.75, 3.05) is 11.6 Å². The van der Waals surface area contributed by atoms with Gasteiger partial charge in [0, 0.05) is 34.7 Å². The van der Waals surface area contributed by atoms with E-state index in [-0.39, 0.29) is 5.91 Å². The molecule has 0 radical (unpaired) electrons. The van der Waals surface area contributed by atoms with Crippen LogP contribution in [0.25, 0.3) is 10.9 Å². The van der Waals surface area contributed by atoms with Gasteiger partial charge in [-0.3, -0.25) is 4.79 Å².